The number of ether oxygens (including phenoxy) is 1. The fourth-order valence-corrected chi connectivity index (χ4v) is 4.67. The molecule has 1 aliphatic rings. The Labute approximate surface area is 199 Å². The number of hydrogen-bond acceptors (Lipinski definition) is 6. The highest BCUT2D eigenvalue weighted by Crippen LogP contribution is 2.32. The van der Waals surface area contributed by atoms with Gasteiger partial charge < -0.3 is 15.8 Å². The number of carbonyl (C=O) groups is 1. The van der Waals surface area contributed by atoms with Crippen molar-refractivity contribution in [2.24, 2.45) is 0 Å². The van der Waals surface area contributed by atoms with Crippen LogP contribution >= 0.6 is 0 Å². The number of nitrogen functional groups attached to an aromatic ring is 1. The molecule has 1 fully saturated rings. The van der Waals surface area contributed by atoms with Crippen LogP contribution in [-0.4, -0.2) is 32.3 Å². The van der Waals surface area contributed by atoms with Crippen LogP contribution in [0.2, 0.25) is 0 Å². The number of carbonyl (C=O) groups excluding carboxylic acids is 1. The summed E-state index contributed by atoms with van der Waals surface area (Å²) >= 11 is 0. The summed E-state index contributed by atoms with van der Waals surface area (Å²) in [6.07, 6.45) is 7.45. The van der Waals surface area contributed by atoms with E-state index in [9.17, 15) is 4.79 Å². The largest absolute Gasteiger partial charge is 0.443 e. The smallest absolute Gasteiger partial charge is 0.418 e. The third-order valence-electron chi connectivity index (χ3n) is 6.27. The summed E-state index contributed by atoms with van der Waals surface area (Å²) in [7, 11) is 0. The van der Waals surface area contributed by atoms with Crippen LogP contribution in [0.5, 0.6) is 0 Å². The lowest BCUT2D eigenvalue weighted by atomic mass is 9.95. The van der Waals surface area contributed by atoms with E-state index in [4.69, 9.17) is 10.5 Å². The normalized spacial score (nSPS) is 15.0. The maximum absolute atomic E-state index is 12.6. The first-order chi connectivity index (χ1) is 16.3. The first kappa shape index (κ1) is 22.2. The number of nitrogens with zero attached hydrogens (tertiary/aromatic N) is 3. The van der Waals surface area contributed by atoms with Crippen LogP contribution < -0.4 is 11.1 Å². The molecule has 2 aromatic heterocycles. The Morgan fingerprint density at radius 2 is 1.76 bits per heavy atom. The van der Waals surface area contributed by atoms with E-state index >= 15 is 0 Å². The van der Waals surface area contributed by atoms with Gasteiger partial charge in [-0.2, -0.15) is 4.98 Å². The van der Waals surface area contributed by atoms with Gasteiger partial charge in [0.2, 0.25) is 5.95 Å². The minimum Gasteiger partial charge on any atom is -0.443 e. The van der Waals surface area contributed by atoms with Crippen LogP contribution in [0.25, 0.3) is 32.9 Å². The zero-order chi connectivity index (χ0) is 23.9. The maximum Gasteiger partial charge on any atom is 0.418 e. The lowest BCUT2D eigenvalue weighted by Crippen LogP contribution is -2.26. The van der Waals surface area contributed by atoms with E-state index in [2.05, 4.69) is 27.4 Å². The highest BCUT2D eigenvalue weighted by atomic mass is 16.6. The van der Waals surface area contributed by atoms with Crippen LogP contribution in [0.15, 0.2) is 48.7 Å². The second-order valence-electron chi connectivity index (χ2n) is 10.1. The van der Waals surface area contributed by atoms with Gasteiger partial charge in [0.25, 0.3) is 0 Å². The summed E-state index contributed by atoms with van der Waals surface area (Å²) in [4.78, 5) is 21.5. The van der Waals surface area contributed by atoms with E-state index < -0.39 is 5.60 Å². The van der Waals surface area contributed by atoms with E-state index in [0.29, 0.717) is 6.04 Å². The van der Waals surface area contributed by atoms with Gasteiger partial charge in [-0.3, -0.25) is 4.57 Å². The lowest BCUT2D eigenvalue weighted by Gasteiger charge is -2.24. The van der Waals surface area contributed by atoms with Gasteiger partial charge in [-0.25, -0.2) is 9.78 Å². The number of nitrogens with two attached hydrogens (primary N) is 1. The summed E-state index contributed by atoms with van der Waals surface area (Å²) in [5.74, 6) is 1.08. The molecular formula is C27H31N5O2. The van der Waals surface area contributed by atoms with Crippen molar-refractivity contribution in [3.63, 3.8) is 0 Å². The summed E-state index contributed by atoms with van der Waals surface area (Å²) in [6.45, 7) is 5.59. The summed E-state index contributed by atoms with van der Waals surface area (Å²) < 4.78 is 7.08. The molecule has 7 heteroatoms. The standard InChI is InChI=1S/C27H31N5O2/c1-27(2,3)34-26(33)32-14-13-19-15-17(10-12-23(19)32)18-9-11-22-21(16-18)24(31-25(28)30-22)29-20-7-5-4-6-8-20/h9-16,20H,4-8H2,1-3H3,(H3,28,29,30,31). The molecule has 0 aliphatic heterocycles. The molecule has 3 N–H and O–H groups in total. The van der Waals surface area contributed by atoms with Crippen LogP contribution in [-0.2, 0) is 4.74 Å². The predicted octanol–water partition coefficient (Wildman–Crippen LogP) is 6.36. The van der Waals surface area contributed by atoms with E-state index in [1.165, 1.54) is 19.3 Å². The van der Waals surface area contributed by atoms with Gasteiger partial charge in [-0.15, -0.1) is 0 Å². The Hall–Kier alpha value is -3.61. The molecule has 34 heavy (non-hydrogen) atoms. The van der Waals surface area contributed by atoms with E-state index in [-0.39, 0.29) is 12.0 Å². The Morgan fingerprint density at radius 3 is 2.53 bits per heavy atom. The van der Waals surface area contributed by atoms with Gasteiger partial charge in [0.15, 0.2) is 0 Å². The number of nitrogens with one attached hydrogen (secondary N) is 1. The quantitative estimate of drug-likeness (QED) is 0.372. The second-order valence-corrected chi connectivity index (χ2v) is 10.1. The van der Waals surface area contributed by atoms with Crippen molar-refractivity contribution in [2.75, 3.05) is 11.1 Å². The molecule has 2 aromatic carbocycles. The Kier molecular flexibility index (Phi) is 5.63. The van der Waals surface area contributed by atoms with Crippen molar-refractivity contribution in [1.29, 1.82) is 0 Å². The highest BCUT2D eigenvalue weighted by molar-refractivity contribution is 5.96. The molecule has 1 aliphatic carbocycles. The summed E-state index contributed by atoms with van der Waals surface area (Å²) in [5, 5.41) is 5.55. The minimum atomic E-state index is -0.548. The third-order valence-corrected chi connectivity index (χ3v) is 6.27. The van der Waals surface area contributed by atoms with Crippen molar-refractivity contribution in [3.8, 4) is 11.1 Å². The molecule has 5 rings (SSSR count). The molecule has 0 saturated heterocycles. The van der Waals surface area contributed by atoms with Gasteiger partial charge in [-0.05, 0) is 75.1 Å². The molecule has 7 nitrogen and oxygen atoms in total. The number of fused-ring (bicyclic) bond motifs is 2. The number of rotatable bonds is 3. The molecule has 0 spiro atoms. The van der Waals surface area contributed by atoms with Crippen LogP contribution in [0.3, 0.4) is 0 Å². The van der Waals surface area contributed by atoms with Crippen molar-refractivity contribution >= 4 is 39.7 Å². The molecule has 0 unspecified atom stereocenters. The molecule has 1 saturated carbocycles. The van der Waals surface area contributed by atoms with Crippen LogP contribution in [0, 0.1) is 0 Å². The third kappa shape index (κ3) is 4.55. The van der Waals surface area contributed by atoms with Gasteiger partial charge in [0.1, 0.15) is 11.4 Å². The maximum atomic E-state index is 12.6. The fourth-order valence-electron chi connectivity index (χ4n) is 4.67. The fraction of sp³-hybridized carbons (Fsp3) is 0.370. The lowest BCUT2D eigenvalue weighted by molar-refractivity contribution is 0.0544. The van der Waals surface area contributed by atoms with Gasteiger partial charge >= 0.3 is 6.09 Å². The molecule has 176 valence electrons. The predicted molar refractivity (Wildman–Crippen MR) is 137 cm³/mol. The number of hydrogen-bond donors (Lipinski definition) is 2. The number of benzene rings is 2. The van der Waals surface area contributed by atoms with Crippen LogP contribution in [0.4, 0.5) is 16.6 Å². The van der Waals surface area contributed by atoms with Crippen molar-refractivity contribution in [2.45, 2.75) is 64.5 Å². The number of aromatic nitrogens is 3. The van der Waals surface area contributed by atoms with Crippen LogP contribution in [0.1, 0.15) is 52.9 Å². The summed E-state index contributed by atoms with van der Waals surface area (Å²) in [5.41, 5.74) is 9.20. The second kappa shape index (κ2) is 8.63. The molecular weight excluding hydrogens is 426 g/mol. The molecule has 0 amide bonds. The zero-order valence-electron chi connectivity index (χ0n) is 20.0. The topological polar surface area (TPSA) is 95.1 Å². The summed E-state index contributed by atoms with van der Waals surface area (Å²) in [6, 6.07) is 14.6. The highest BCUT2D eigenvalue weighted by Gasteiger charge is 2.20. The molecule has 0 radical (unpaired) electrons. The monoisotopic (exact) mass is 457 g/mol. The van der Waals surface area contributed by atoms with E-state index in [1.807, 2.05) is 51.1 Å². The average molecular weight is 458 g/mol. The minimum absolute atomic E-state index is 0.281. The molecule has 0 atom stereocenters. The SMILES string of the molecule is CC(C)(C)OC(=O)n1ccc2cc(-c3ccc4nc(N)nc(NC5CCCCC5)c4c3)ccc21. The van der Waals surface area contributed by atoms with Crippen molar-refractivity contribution in [1.82, 2.24) is 14.5 Å². The Balaban J connectivity index is 1.50. The Bertz CT molecular complexity index is 1360. The number of anilines is 2. The molecule has 2 heterocycles. The van der Waals surface area contributed by atoms with Crippen molar-refractivity contribution < 1.29 is 9.53 Å². The van der Waals surface area contributed by atoms with Gasteiger partial charge in [0.05, 0.1) is 11.0 Å². The van der Waals surface area contributed by atoms with Crippen molar-refractivity contribution in [3.05, 3.63) is 48.7 Å². The Morgan fingerprint density at radius 1 is 1.03 bits per heavy atom. The molecule has 4 aromatic rings. The van der Waals surface area contributed by atoms with E-state index in [1.54, 1.807) is 10.8 Å². The average Bonchev–Trinajstić information content (AvgIpc) is 3.22. The van der Waals surface area contributed by atoms with Gasteiger partial charge in [-0.1, -0.05) is 31.4 Å². The molecule has 0 bridgehead atoms. The first-order valence-electron chi connectivity index (χ1n) is 12.0. The van der Waals surface area contributed by atoms with Gasteiger partial charge in [0, 0.05) is 23.0 Å². The zero-order valence-corrected chi connectivity index (χ0v) is 20.0. The van der Waals surface area contributed by atoms with E-state index in [0.717, 1.165) is 51.6 Å². The first-order valence-corrected chi connectivity index (χ1v) is 12.0.